The molecule has 8 rings (SSSR count). The zero-order valence-corrected chi connectivity index (χ0v) is 37.6. The van der Waals surface area contributed by atoms with E-state index in [1.807, 2.05) is 24.3 Å². The molecule has 0 aliphatic carbocycles. The summed E-state index contributed by atoms with van der Waals surface area (Å²) in [5.74, 6) is 0.0102. The molecule has 17 heteroatoms. The van der Waals surface area contributed by atoms with Gasteiger partial charge in [-0.3, -0.25) is 4.90 Å². The van der Waals surface area contributed by atoms with E-state index < -0.39 is 17.9 Å². The van der Waals surface area contributed by atoms with Gasteiger partial charge in [-0.05, 0) is 91.7 Å². The van der Waals surface area contributed by atoms with Crippen molar-refractivity contribution in [2.45, 2.75) is 33.0 Å². The van der Waals surface area contributed by atoms with Gasteiger partial charge in [0.05, 0.1) is 33.8 Å². The second-order valence-electron chi connectivity index (χ2n) is 15.2. The summed E-state index contributed by atoms with van der Waals surface area (Å²) < 4.78 is 38.8. The van der Waals surface area contributed by atoms with Gasteiger partial charge in [-0.25, -0.2) is 29.1 Å². The quantitative estimate of drug-likeness (QED) is 0.101. The van der Waals surface area contributed by atoms with Crippen molar-refractivity contribution in [3.63, 3.8) is 0 Å². The number of likely N-dealkylation sites (N-methyl/N-ethyl adjacent to an activating group) is 1. The Morgan fingerprint density at radius 1 is 0.906 bits per heavy atom. The molecule has 1 atom stereocenters. The van der Waals surface area contributed by atoms with Gasteiger partial charge in [0.2, 0.25) is 12.0 Å². The lowest BCUT2D eigenvalue weighted by atomic mass is 9.92. The predicted molar refractivity (Wildman–Crippen MR) is 245 cm³/mol. The second-order valence-corrected chi connectivity index (χ2v) is 17.0. The third-order valence-electron chi connectivity index (χ3n) is 11.0. The molecule has 64 heavy (non-hydrogen) atoms. The number of piperazine rings is 1. The van der Waals surface area contributed by atoms with E-state index in [0.717, 1.165) is 31.7 Å². The first-order valence-electron chi connectivity index (χ1n) is 20.2. The summed E-state index contributed by atoms with van der Waals surface area (Å²) in [6.45, 7) is 7.38. The monoisotopic (exact) mass is 924 g/mol. The molecule has 4 heterocycles. The van der Waals surface area contributed by atoms with Crippen LogP contribution in [0.2, 0.25) is 10.0 Å². The molecular formula is C47H43Cl2FN6O7S. The predicted octanol–water partition coefficient (Wildman–Crippen LogP) is 9.50. The molecule has 4 aromatic carbocycles. The van der Waals surface area contributed by atoms with E-state index in [2.05, 4.69) is 31.8 Å². The first-order valence-corrected chi connectivity index (χ1v) is 21.8. The number of fused-ring (bicyclic) bond motifs is 1. The average molecular weight is 926 g/mol. The first kappa shape index (κ1) is 44.5. The lowest BCUT2D eigenvalue weighted by Crippen LogP contribution is -2.45. The number of ether oxygens (including phenoxy) is 4. The van der Waals surface area contributed by atoms with E-state index in [1.54, 1.807) is 63.6 Å². The van der Waals surface area contributed by atoms with E-state index in [0.29, 0.717) is 84.0 Å². The molecule has 1 fully saturated rings. The molecule has 0 amide bonds. The number of methoxy groups -OCH3 is 1. The van der Waals surface area contributed by atoms with Crippen LogP contribution in [0.1, 0.15) is 22.4 Å². The maximum absolute atomic E-state index is 14.2. The van der Waals surface area contributed by atoms with Crippen LogP contribution in [0.4, 0.5) is 4.39 Å². The molecule has 0 saturated carbocycles. The Balaban J connectivity index is 1.17. The zero-order chi connectivity index (χ0) is 45.1. The smallest absolute Gasteiger partial charge is 0.345 e. The highest BCUT2D eigenvalue weighted by molar-refractivity contribution is 7.22. The number of halogens is 3. The Labute approximate surface area is 382 Å². The number of para-hydroxylation sites is 1. The molecule has 7 aromatic rings. The summed E-state index contributed by atoms with van der Waals surface area (Å²) in [5, 5.41) is 22.1. The van der Waals surface area contributed by atoms with Crippen molar-refractivity contribution >= 4 is 50.7 Å². The Hall–Kier alpha value is -6.10. The molecule has 0 radical (unpaired) electrons. The van der Waals surface area contributed by atoms with Crippen LogP contribution < -0.4 is 18.9 Å². The topological polar surface area (TPSA) is 152 Å². The van der Waals surface area contributed by atoms with Gasteiger partial charge in [0.1, 0.15) is 47.6 Å². The molecule has 0 spiro atoms. The number of hydrogen-bond donors (Lipinski definition) is 2. The third kappa shape index (κ3) is 9.40. The molecule has 13 nitrogen and oxygen atoms in total. The number of benzene rings is 4. The fourth-order valence-corrected chi connectivity index (χ4v) is 9.13. The summed E-state index contributed by atoms with van der Waals surface area (Å²) >= 11 is 14.6. The standard InChI is InChI=1S/C47H43Cl2FN6O7S/c1-26-37(27(2)41(49)42(57)40(26)48)38-39-45(52-24-53-46(39)64-43(38)28-9-11-30(50)12-10-28)63-36(47(58)59)22-29-21-32(62-25-56-19-17-55(3)18-20-56)13-14-34(29)61-23-31-15-16-51-44(54-31)33-7-5-6-8-35(33)60-4/h5-16,21,24,36,57H,17-20,22-23,25H2,1-4H3,(H,58,59)/t36-/m1/s1. The highest BCUT2D eigenvalue weighted by atomic mass is 35.5. The van der Waals surface area contributed by atoms with Crippen LogP contribution in [0.25, 0.3) is 43.2 Å². The number of hydrogen-bond acceptors (Lipinski definition) is 13. The SMILES string of the molecule is COc1ccccc1-c1nccc(COc2ccc(OCN3CCN(C)CC3)cc2C[C@@H](Oc2ncnc3sc(-c4ccc(F)cc4)c(-c4c(C)c(Cl)c(O)c(Cl)c4C)c23)C(=O)O)n1. The highest BCUT2D eigenvalue weighted by Crippen LogP contribution is 2.52. The molecule has 0 unspecified atom stereocenters. The van der Waals surface area contributed by atoms with Crippen molar-refractivity contribution in [3.8, 4) is 61.8 Å². The first-order chi connectivity index (χ1) is 30.9. The van der Waals surface area contributed by atoms with Crippen LogP contribution in [-0.4, -0.2) is 99.1 Å². The van der Waals surface area contributed by atoms with Crippen molar-refractivity contribution < 1.29 is 38.3 Å². The maximum Gasteiger partial charge on any atom is 0.345 e. The molecule has 2 N–H and O–H groups in total. The van der Waals surface area contributed by atoms with Crippen molar-refractivity contribution in [2.75, 3.05) is 47.1 Å². The Kier molecular flexibility index (Phi) is 13.4. The van der Waals surface area contributed by atoms with E-state index >= 15 is 0 Å². The Morgan fingerprint density at radius 3 is 2.36 bits per heavy atom. The van der Waals surface area contributed by atoms with E-state index in [9.17, 15) is 19.4 Å². The number of aliphatic carboxylic acids is 1. The number of phenolic OH excluding ortho intramolecular Hbond substituents is 1. The third-order valence-corrected chi connectivity index (χ3v) is 13.1. The highest BCUT2D eigenvalue weighted by Gasteiger charge is 2.30. The number of carboxylic acids is 1. The minimum absolute atomic E-state index is 0.0223. The van der Waals surface area contributed by atoms with Crippen LogP contribution in [0.5, 0.6) is 28.9 Å². The number of thiophene rings is 1. The number of aromatic nitrogens is 4. The second kappa shape index (κ2) is 19.3. The Morgan fingerprint density at radius 2 is 1.64 bits per heavy atom. The number of rotatable bonds is 15. The summed E-state index contributed by atoms with van der Waals surface area (Å²) in [7, 11) is 3.67. The van der Waals surface area contributed by atoms with Crippen molar-refractivity contribution in [2.24, 2.45) is 0 Å². The van der Waals surface area contributed by atoms with Crippen LogP contribution in [0.15, 0.2) is 85.3 Å². The number of nitrogens with zero attached hydrogens (tertiary/aromatic N) is 6. The Bertz CT molecular complexity index is 2810. The zero-order valence-electron chi connectivity index (χ0n) is 35.3. The molecular weight excluding hydrogens is 883 g/mol. The van der Waals surface area contributed by atoms with Gasteiger partial charge in [0, 0.05) is 54.8 Å². The van der Waals surface area contributed by atoms with Gasteiger partial charge >= 0.3 is 5.97 Å². The molecule has 1 aliphatic rings. The summed E-state index contributed by atoms with van der Waals surface area (Å²) in [5.41, 5.74) is 4.53. The number of carbonyl (C=O) groups is 1. The van der Waals surface area contributed by atoms with Crippen molar-refractivity contribution in [3.05, 3.63) is 124 Å². The summed E-state index contributed by atoms with van der Waals surface area (Å²) in [6.07, 6.45) is 1.27. The largest absolute Gasteiger partial charge is 0.505 e. The summed E-state index contributed by atoms with van der Waals surface area (Å²) in [4.78, 5) is 37.1. The number of aromatic hydroxyl groups is 1. The van der Waals surface area contributed by atoms with Crippen LogP contribution in [0, 0.1) is 19.7 Å². The van der Waals surface area contributed by atoms with Crippen molar-refractivity contribution in [1.29, 1.82) is 0 Å². The van der Waals surface area contributed by atoms with E-state index in [4.69, 9.17) is 47.1 Å². The van der Waals surface area contributed by atoms with Gasteiger partial charge in [-0.15, -0.1) is 11.3 Å². The van der Waals surface area contributed by atoms with Crippen LogP contribution >= 0.6 is 34.5 Å². The fourth-order valence-electron chi connectivity index (χ4n) is 7.56. The van der Waals surface area contributed by atoms with Crippen LogP contribution in [-0.2, 0) is 17.8 Å². The fraction of sp³-hybridized carbons (Fsp3) is 0.255. The van der Waals surface area contributed by atoms with Crippen LogP contribution in [0.3, 0.4) is 0 Å². The normalized spacial score (nSPS) is 13.8. The summed E-state index contributed by atoms with van der Waals surface area (Å²) in [6, 6.07) is 20.4. The lowest BCUT2D eigenvalue weighted by molar-refractivity contribution is -0.145. The maximum atomic E-state index is 14.2. The van der Waals surface area contributed by atoms with Gasteiger partial charge in [0.25, 0.3) is 0 Å². The molecule has 3 aromatic heterocycles. The molecule has 0 bridgehead atoms. The molecule has 330 valence electrons. The van der Waals surface area contributed by atoms with E-state index in [1.165, 1.54) is 29.8 Å². The minimum atomic E-state index is -1.50. The number of carboxylic acid groups (broad SMARTS) is 1. The molecule has 1 saturated heterocycles. The minimum Gasteiger partial charge on any atom is -0.505 e. The average Bonchev–Trinajstić information content (AvgIpc) is 3.69. The van der Waals surface area contributed by atoms with Gasteiger partial charge in [0.15, 0.2) is 11.6 Å². The van der Waals surface area contributed by atoms with Gasteiger partial charge in [-0.2, -0.15) is 0 Å². The van der Waals surface area contributed by atoms with Gasteiger partial charge < -0.3 is 34.1 Å². The lowest BCUT2D eigenvalue weighted by Gasteiger charge is -2.32. The molecule has 1 aliphatic heterocycles. The van der Waals surface area contributed by atoms with Crippen molar-refractivity contribution in [1.82, 2.24) is 29.7 Å². The van der Waals surface area contributed by atoms with Gasteiger partial charge in [-0.1, -0.05) is 47.5 Å². The van der Waals surface area contributed by atoms with E-state index in [-0.39, 0.29) is 34.7 Å². The number of phenols is 1.